The van der Waals surface area contributed by atoms with Gasteiger partial charge in [0.15, 0.2) is 0 Å². The first-order valence-electron chi connectivity index (χ1n) is 6.07. The number of aliphatic hydroxyl groups excluding tert-OH is 1. The number of hydrogen-bond donors (Lipinski definition) is 2. The quantitative estimate of drug-likeness (QED) is 0.826. The van der Waals surface area contributed by atoms with E-state index in [2.05, 4.69) is 27.1 Å². The number of benzene rings is 1. The lowest BCUT2D eigenvalue weighted by Gasteiger charge is -2.04. The van der Waals surface area contributed by atoms with Crippen LogP contribution in [-0.4, -0.2) is 27.6 Å². The van der Waals surface area contributed by atoms with Crippen molar-refractivity contribution in [2.75, 3.05) is 11.9 Å². The van der Waals surface area contributed by atoms with E-state index in [1.807, 2.05) is 0 Å². The molecule has 0 radical (unpaired) electrons. The molecule has 2 rings (SSSR count). The maximum absolute atomic E-state index is 11.8. The Morgan fingerprint density at radius 2 is 2.05 bits per heavy atom. The smallest absolute Gasteiger partial charge is 0.275 e. The first kappa shape index (κ1) is 13.7. The second-order valence-electron chi connectivity index (χ2n) is 3.90. The van der Waals surface area contributed by atoms with Gasteiger partial charge in [0.25, 0.3) is 5.91 Å². The van der Waals surface area contributed by atoms with Crippen LogP contribution >= 0.6 is 0 Å². The van der Waals surface area contributed by atoms with Crippen LogP contribution in [0.5, 0.6) is 0 Å². The number of aromatic nitrogens is 2. The summed E-state index contributed by atoms with van der Waals surface area (Å²) in [5.41, 5.74) is 1.75. The van der Waals surface area contributed by atoms with Gasteiger partial charge in [-0.25, -0.2) is 4.98 Å². The van der Waals surface area contributed by atoms with Crippen LogP contribution in [0.15, 0.2) is 42.9 Å². The van der Waals surface area contributed by atoms with Crippen LogP contribution in [0, 0.1) is 11.8 Å². The van der Waals surface area contributed by atoms with Gasteiger partial charge in [0.05, 0.1) is 12.8 Å². The van der Waals surface area contributed by atoms with E-state index in [9.17, 15) is 4.79 Å². The number of nitrogens with zero attached hydrogens (tertiary/aromatic N) is 2. The normalized spacial score (nSPS) is 9.45. The molecule has 0 aliphatic rings. The third-order valence-corrected chi connectivity index (χ3v) is 2.41. The molecule has 20 heavy (non-hydrogen) atoms. The van der Waals surface area contributed by atoms with Crippen molar-refractivity contribution in [3.05, 3.63) is 54.1 Å². The molecule has 0 bridgehead atoms. The van der Waals surface area contributed by atoms with Crippen molar-refractivity contribution in [3.63, 3.8) is 0 Å². The van der Waals surface area contributed by atoms with Crippen molar-refractivity contribution in [2.24, 2.45) is 0 Å². The summed E-state index contributed by atoms with van der Waals surface area (Å²) in [7, 11) is 0. The predicted octanol–water partition coefficient (Wildman–Crippen LogP) is 1.46. The molecule has 0 aliphatic heterocycles. The number of aliphatic hydroxyl groups is 1. The maximum atomic E-state index is 11.8. The van der Waals surface area contributed by atoms with E-state index in [4.69, 9.17) is 5.11 Å². The molecule has 0 saturated carbocycles. The molecule has 2 N–H and O–H groups in total. The summed E-state index contributed by atoms with van der Waals surface area (Å²) in [5, 5.41) is 11.4. The van der Waals surface area contributed by atoms with Crippen molar-refractivity contribution in [3.8, 4) is 11.8 Å². The summed E-state index contributed by atoms with van der Waals surface area (Å²) in [6, 6.07) is 7.13. The highest BCUT2D eigenvalue weighted by Gasteiger charge is 2.06. The number of nitrogens with one attached hydrogen (secondary N) is 1. The van der Waals surface area contributed by atoms with Crippen LogP contribution < -0.4 is 5.32 Å². The number of carbonyl (C=O) groups is 1. The maximum Gasteiger partial charge on any atom is 0.275 e. The zero-order valence-corrected chi connectivity index (χ0v) is 10.7. The minimum Gasteiger partial charge on any atom is -0.395 e. The molecule has 0 fully saturated rings. The summed E-state index contributed by atoms with van der Waals surface area (Å²) in [4.78, 5) is 19.6. The number of amides is 1. The SMILES string of the molecule is O=C(Nc1ccc(C#CCCO)cc1)c1cnccn1. The third-order valence-electron chi connectivity index (χ3n) is 2.41. The fraction of sp³-hybridized carbons (Fsp3) is 0.133. The van der Waals surface area contributed by atoms with E-state index in [0.29, 0.717) is 12.1 Å². The lowest BCUT2D eigenvalue weighted by atomic mass is 10.2. The van der Waals surface area contributed by atoms with E-state index in [1.165, 1.54) is 18.6 Å². The summed E-state index contributed by atoms with van der Waals surface area (Å²) < 4.78 is 0. The van der Waals surface area contributed by atoms with E-state index in [-0.39, 0.29) is 18.2 Å². The molecule has 0 aliphatic carbocycles. The lowest BCUT2D eigenvalue weighted by molar-refractivity contribution is 0.102. The van der Waals surface area contributed by atoms with Gasteiger partial charge in [0.1, 0.15) is 5.69 Å². The molecule has 2 aromatic rings. The number of anilines is 1. The Bertz CT molecular complexity index is 628. The van der Waals surface area contributed by atoms with Gasteiger partial charge in [0.2, 0.25) is 0 Å². The zero-order valence-electron chi connectivity index (χ0n) is 10.7. The lowest BCUT2D eigenvalue weighted by Crippen LogP contribution is -2.13. The Balaban J connectivity index is 2.01. The van der Waals surface area contributed by atoms with Gasteiger partial charge in [-0.3, -0.25) is 9.78 Å². The third kappa shape index (κ3) is 3.90. The molecular formula is C15H13N3O2. The summed E-state index contributed by atoms with van der Waals surface area (Å²) >= 11 is 0. The molecule has 1 amide bonds. The van der Waals surface area contributed by atoms with Gasteiger partial charge >= 0.3 is 0 Å². The topological polar surface area (TPSA) is 75.1 Å². The zero-order chi connectivity index (χ0) is 14.2. The van der Waals surface area contributed by atoms with E-state index in [1.54, 1.807) is 24.3 Å². The van der Waals surface area contributed by atoms with Gasteiger partial charge in [-0.2, -0.15) is 0 Å². The number of carbonyl (C=O) groups excluding carboxylic acids is 1. The Labute approximate surface area is 116 Å². The van der Waals surface area contributed by atoms with Crippen LogP contribution in [0.1, 0.15) is 22.5 Å². The minimum atomic E-state index is -0.308. The van der Waals surface area contributed by atoms with Crippen molar-refractivity contribution in [1.29, 1.82) is 0 Å². The van der Waals surface area contributed by atoms with E-state index >= 15 is 0 Å². The number of hydrogen-bond acceptors (Lipinski definition) is 4. The molecule has 0 unspecified atom stereocenters. The van der Waals surface area contributed by atoms with Gasteiger partial charge in [-0.05, 0) is 24.3 Å². The average Bonchev–Trinajstić information content (AvgIpc) is 2.50. The monoisotopic (exact) mass is 267 g/mol. The van der Waals surface area contributed by atoms with E-state index in [0.717, 1.165) is 5.56 Å². The fourth-order valence-corrected chi connectivity index (χ4v) is 1.47. The summed E-state index contributed by atoms with van der Waals surface area (Å²) in [5.74, 6) is 5.44. The van der Waals surface area contributed by atoms with Gasteiger partial charge in [-0.1, -0.05) is 11.8 Å². The molecule has 1 heterocycles. The fourth-order valence-electron chi connectivity index (χ4n) is 1.47. The van der Waals surface area contributed by atoms with Crippen molar-refractivity contribution in [1.82, 2.24) is 9.97 Å². The van der Waals surface area contributed by atoms with Crippen molar-refractivity contribution in [2.45, 2.75) is 6.42 Å². The van der Waals surface area contributed by atoms with Crippen LogP contribution in [0.2, 0.25) is 0 Å². The molecule has 1 aromatic carbocycles. The van der Waals surface area contributed by atoms with Gasteiger partial charge in [-0.15, -0.1) is 0 Å². The molecule has 100 valence electrons. The molecule has 0 atom stereocenters. The van der Waals surface area contributed by atoms with Crippen LogP contribution in [0.25, 0.3) is 0 Å². The van der Waals surface area contributed by atoms with Crippen LogP contribution in [0.3, 0.4) is 0 Å². The predicted molar refractivity (Wildman–Crippen MR) is 75.0 cm³/mol. The molecular weight excluding hydrogens is 254 g/mol. The highest BCUT2D eigenvalue weighted by molar-refractivity contribution is 6.02. The Morgan fingerprint density at radius 1 is 1.25 bits per heavy atom. The van der Waals surface area contributed by atoms with Crippen LogP contribution in [-0.2, 0) is 0 Å². The Morgan fingerprint density at radius 3 is 2.70 bits per heavy atom. The summed E-state index contributed by atoms with van der Waals surface area (Å²) in [6.45, 7) is 0.0548. The molecule has 5 heteroatoms. The molecule has 5 nitrogen and oxygen atoms in total. The van der Waals surface area contributed by atoms with Gasteiger partial charge < -0.3 is 10.4 Å². The summed E-state index contributed by atoms with van der Waals surface area (Å²) in [6.07, 6.45) is 4.83. The molecule has 0 saturated heterocycles. The highest BCUT2D eigenvalue weighted by atomic mass is 16.2. The second-order valence-corrected chi connectivity index (χ2v) is 3.90. The number of rotatable bonds is 3. The van der Waals surface area contributed by atoms with Crippen molar-refractivity contribution >= 4 is 11.6 Å². The largest absolute Gasteiger partial charge is 0.395 e. The molecule has 0 spiro atoms. The minimum absolute atomic E-state index is 0.0548. The van der Waals surface area contributed by atoms with Crippen molar-refractivity contribution < 1.29 is 9.90 Å². The van der Waals surface area contributed by atoms with Crippen LogP contribution in [0.4, 0.5) is 5.69 Å². The first-order chi connectivity index (χ1) is 9.79. The Hall–Kier alpha value is -2.71. The second kappa shape index (κ2) is 7.02. The Kier molecular flexibility index (Phi) is 4.81. The van der Waals surface area contributed by atoms with Gasteiger partial charge in [0, 0.05) is 30.1 Å². The van der Waals surface area contributed by atoms with E-state index < -0.39 is 0 Å². The first-order valence-corrected chi connectivity index (χ1v) is 6.07. The average molecular weight is 267 g/mol. The standard InChI is InChI=1S/C15H13N3O2/c19-10-2-1-3-12-4-6-13(7-5-12)18-15(20)14-11-16-8-9-17-14/h4-9,11,19H,2,10H2,(H,18,20). The molecule has 1 aromatic heterocycles. The highest BCUT2D eigenvalue weighted by Crippen LogP contribution is 2.10.